The normalized spacial score (nSPS) is 21.1. The first-order chi connectivity index (χ1) is 11.6. The number of Topliss-reactive ketones (excluding diaryl/α,β-unsaturated/α-hetero) is 1. The van der Waals surface area contributed by atoms with E-state index in [0.29, 0.717) is 29.8 Å². The third kappa shape index (κ3) is 2.44. The van der Waals surface area contributed by atoms with Crippen molar-refractivity contribution in [2.75, 3.05) is 6.73 Å². The topological polar surface area (TPSA) is 38.8 Å². The van der Waals surface area contributed by atoms with Crippen LogP contribution in [0.3, 0.4) is 0 Å². The molecule has 4 nitrogen and oxygen atoms in total. The summed E-state index contributed by atoms with van der Waals surface area (Å²) in [6.45, 7) is 7.33. The van der Waals surface area contributed by atoms with Crippen LogP contribution >= 0.6 is 0 Å². The first-order valence-corrected chi connectivity index (χ1v) is 8.99. The number of nitrogens with zero attached hydrogens (tertiary/aromatic N) is 1. The molecule has 0 spiro atoms. The Bertz CT molecular complexity index is 725. The average Bonchev–Trinajstić information content (AvgIpc) is 2.93. The van der Waals surface area contributed by atoms with Crippen molar-refractivity contribution in [3.8, 4) is 11.5 Å². The lowest BCUT2D eigenvalue weighted by Crippen LogP contribution is -2.41. The van der Waals surface area contributed by atoms with Crippen molar-refractivity contribution in [2.45, 2.75) is 65.5 Å². The molecule has 24 heavy (non-hydrogen) atoms. The van der Waals surface area contributed by atoms with Crippen molar-refractivity contribution < 1.29 is 14.3 Å². The highest BCUT2D eigenvalue weighted by Crippen LogP contribution is 2.44. The third-order valence-electron chi connectivity index (χ3n) is 5.48. The quantitative estimate of drug-likeness (QED) is 0.719. The van der Waals surface area contributed by atoms with Crippen molar-refractivity contribution in [2.24, 2.45) is 0 Å². The number of hydrogen-bond acceptors (Lipinski definition) is 4. The summed E-state index contributed by atoms with van der Waals surface area (Å²) in [6.07, 6.45) is 6.49. The molecule has 2 aliphatic heterocycles. The summed E-state index contributed by atoms with van der Waals surface area (Å²) in [5.41, 5.74) is 3.68. The van der Waals surface area contributed by atoms with Gasteiger partial charge in [-0.15, -0.1) is 0 Å². The SMILES string of the molecule is CC(C)=C1Oc2c(cc3c(c2C)OCN(C2CCCCC2)C3)C1=O. The molecule has 1 aromatic carbocycles. The molecule has 2 heterocycles. The van der Waals surface area contributed by atoms with Crippen LogP contribution in [0.2, 0.25) is 0 Å². The maximum Gasteiger partial charge on any atom is 0.231 e. The molecule has 1 aliphatic carbocycles. The van der Waals surface area contributed by atoms with Gasteiger partial charge in [0.1, 0.15) is 18.2 Å². The summed E-state index contributed by atoms with van der Waals surface area (Å²) in [7, 11) is 0. The number of carbonyl (C=O) groups excluding carboxylic acids is 1. The van der Waals surface area contributed by atoms with Crippen molar-refractivity contribution >= 4 is 5.78 Å². The van der Waals surface area contributed by atoms with E-state index in [9.17, 15) is 4.79 Å². The second-order valence-corrected chi connectivity index (χ2v) is 7.44. The van der Waals surface area contributed by atoms with E-state index in [0.717, 1.165) is 29.0 Å². The fourth-order valence-corrected chi connectivity index (χ4v) is 4.16. The van der Waals surface area contributed by atoms with Crippen LogP contribution in [0.25, 0.3) is 0 Å². The van der Waals surface area contributed by atoms with Gasteiger partial charge in [-0.2, -0.15) is 0 Å². The highest BCUT2D eigenvalue weighted by atomic mass is 16.5. The van der Waals surface area contributed by atoms with E-state index in [1.165, 1.54) is 32.1 Å². The molecule has 0 N–H and O–H groups in total. The number of fused-ring (bicyclic) bond motifs is 2. The minimum absolute atomic E-state index is 0.00527. The Kier molecular flexibility index (Phi) is 3.87. The van der Waals surface area contributed by atoms with Crippen LogP contribution in [0, 0.1) is 6.92 Å². The zero-order chi connectivity index (χ0) is 16.8. The van der Waals surface area contributed by atoms with Gasteiger partial charge >= 0.3 is 0 Å². The van der Waals surface area contributed by atoms with Gasteiger partial charge in [-0.3, -0.25) is 9.69 Å². The number of ether oxygens (including phenoxy) is 2. The van der Waals surface area contributed by atoms with Gasteiger partial charge in [0.25, 0.3) is 0 Å². The molecule has 1 aromatic rings. The average molecular weight is 327 g/mol. The van der Waals surface area contributed by atoms with E-state index < -0.39 is 0 Å². The Balaban J connectivity index is 1.67. The molecule has 0 aromatic heterocycles. The maximum absolute atomic E-state index is 12.6. The Morgan fingerprint density at radius 3 is 2.62 bits per heavy atom. The van der Waals surface area contributed by atoms with Crippen LogP contribution in [0.15, 0.2) is 17.4 Å². The van der Waals surface area contributed by atoms with Gasteiger partial charge in [0.05, 0.1) is 5.56 Å². The number of ketones is 1. The molecule has 3 aliphatic rings. The van der Waals surface area contributed by atoms with E-state index >= 15 is 0 Å². The molecule has 0 bridgehead atoms. The predicted octanol–water partition coefficient (Wildman–Crippen LogP) is 4.35. The van der Waals surface area contributed by atoms with Gasteiger partial charge in [0, 0.05) is 23.7 Å². The lowest BCUT2D eigenvalue weighted by atomic mass is 9.93. The van der Waals surface area contributed by atoms with Crippen LogP contribution in [-0.4, -0.2) is 23.5 Å². The molecule has 128 valence electrons. The van der Waals surface area contributed by atoms with Gasteiger partial charge in [-0.25, -0.2) is 0 Å². The van der Waals surface area contributed by atoms with Crippen LogP contribution in [0.5, 0.6) is 11.5 Å². The zero-order valence-corrected chi connectivity index (χ0v) is 14.8. The van der Waals surface area contributed by atoms with Crippen LogP contribution in [0.1, 0.15) is 67.4 Å². The third-order valence-corrected chi connectivity index (χ3v) is 5.48. The minimum Gasteiger partial charge on any atom is -0.477 e. The molecule has 4 heteroatoms. The second-order valence-electron chi connectivity index (χ2n) is 7.44. The van der Waals surface area contributed by atoms with E-state index in [2.05, 4.69) is 4.90 Å². The highest BCUT2D eigenvalue weighted by molar-refractivity contribution is 6.13. The standard InChI is InChI=1S/C20H25NO3/c1-12(2)18-17(22)16-9-14-10-21(15-7-5-4-6-8-15)11-23-19(14)13(3)20(16)24-18/h9,15H,4-8,10-11H2,1-3H3. The van der Waals surface area contributed by atoms with E-state index in [4.69, 9.17) is 9.47 Å². The number of allylic oxidation sites excluding steroid dienone is 2. The minimum atomic E-state index is 0.00527. The summed E-state index contributed by atoms with van der Waals surface area (Å²) in [5, 5.41) is 0. The Morgan fingerprint density at radius 2 is 1.92 bits per heavy atom. The summed E-state index contributed by atoms with van der Waals surface area (Å²) in [6, 6.07) is 2.60. The summed E-state index contributed by atoms with van der Waals surface area (Å²) in [5.74, 6) is 2.06. The number of benzene rings is 1. The highest BCUT2D eigenvalue weighted by Gasteiger charge is 2.35. The molecule has 1 saturated carbocycles. The lowest BCUT2D eigenvalue weighted by molar-refractivity contribution is 0.0396. The molecule has 0 saturated heterocycles. The summed E-state index contributed by atoms with van der Waals surface area (Å²) in [4.78, 5) is 15.0. The molecule has 4 rings (SSSR count). The van der Waals surface area contributed by atoms with E-state index in [1.807, 2.05) is 26.8 Å². The Labute approximate surface area is 143 Å². The molecular formula is C20H25NO3. The zero-order valence-electron chi connectivity index (χ0n) is 14.8. The van der Waals surface area contributed by atoms with Crippen LogP contribution in [0.4, 0.5) is 0 Å². The maximum atomic E-state index is 12.6. The Hall–Kier alpha value is -1.81. The van der Waals surface area contributed by atoms with Crippen LogP contribution in [-0.2, 0) is 6.54 Å². The number of carbonyl (C=O) groups is 1. The first-order valence-electron chi connectivity index (χ1n) is 8.99. The van der Waals surface area contributed by atoms with Gasteiger partial charge in [0.15, 0.2) is 5.76 Å². The van der Waals surface area contributed by atoms with Crippen molar-refractivity contribution in [1.82, 2.24) is 4.90 Å². The molecule has 0 radical (unpaired) electrons. The van der Waals surface area contributed by atoms with Gasteiger partial charge in [-0.05, 0) is 45.3 Å². The fourth-order valence-electron chi connectivity index (χ4n) is 4.16. The van der Waals surface area contributed by atoms with Crippen molar-refractivity contribution in [1.29, 1.82) is 0 Å². The van der Waals surface area contributed by atoms with Crippen LogP contribution < -0.4 is 9.47 Å². The molecule has 0 amide bonds. The predicted molar refractivity (Wildman–Crippen MR) is 92.4 cm³/mol. The largest absolute Gasteiger partial charge is 0.477 e. The Morgan fingerprint density at radius 1 is 1.17 bits per heavy atom. The smallest absolute Gasteiger partial charge is 0.231 e. The molecule has 0 unspecified atom stereocenters. The molecule has 1 fully saturated rings. The second kappa shape index (κ2) is 5.92. The monoisotopic (exact) mass is 327 g/mol. The number of rotatable bonds is 1. The first kappa shape index (κ1) is 15.7. The van der Waals surface area contributed by atoms with Gasteiger partial charge < -0.3 is 9.47 Å². The number of hydrogen-bond donors (Lipinski definition) is 0. The van der Waals surface area contributed by atoms with Crippen molar-refractivity contribution in [3.05, 3.63) is 34.1 Å². The van der Waals surface area contributed by atoms with Crippen molar-refractivity contribution in [3.63, 3.8) is 0 Å². The van der Waals surface area contributed by atoms with Gasteiger partial charge in [-0.1, -0.05) is 19.3 Å². The molecular weight excluding hydrogens is 302 g/mol. The van der Waals surface area contributed by atoms with E-state index in [1.54, 1.807) is 0 Å². The summed E-state index contributed by atoms with van der Waals surface area (Å²) < 4.78 is 12.0. The van der Waals surface area contributed by atoms with E-state index in [-0.39, 0.29) is 5.78 Å². The van der Waals surface area contributed by atoms with Gasteiger partial charge in [0.2, 0.25) is 5.78 Å². The molecule has 0 atom stereocenters. The lowest BCUT2D eigenvalue weighted by Gasteiger charge is -2.37. The summed E-state index contributed by atoms with van der Waals surface area (Å²) >= 11 is 0. The fraction of sp³-hybridized carbons (Fsp3) is 0.550.